The monoisotopic (exact) mass is 422 g/mol. The van der Waals surface area contributed by atoms with Crippen LogP contribution in [0.25, 0.3) is 0 Å². The number of carboxylic acid groups (broad SMARTS) is 1. The molecule has 0 saturated heterocycles. The van der Waals surface area contributed by atoms with Crippen molar-refractivity contribution in [1.82, 2.24) is 0 Å². The summed E-state index contributed by atoms with van der Waals surface area (Å²) in [5.74, 6) is -4.14. The summed E-state index contributed by atoms with van der Waals surface area (Å²) in [7, 11) is 0. The lowest BCUT2D eigenvalue weighted by Crippen LogP contribution is -2.32. The van der Waals surface area contributed by atoms with Gasteiger partial charge in [-0.1, -0.05) is 57.2 Å². The Morgan fingerprint density at radius 2 is 2.00 bits per heavy atom. The molecule has 30 heavy (non-hydrogen) atoms. The lowest BCUT2D eigenvalue weighted by atomic mass is 9.89. The predicted octanol–water partition coefficient (Wildman–Crippen LogP) is 2.96. The van der Waals surface area contributed by atoms with Crippen molar-refractivity contribution in [3.8, 4) is 0 Å². The van der Waals surface area contributed by atoms with Gasteiger partial charge in [-0.15, -0.1) is 0 Å². The Kier molecular flexibility index (Phi) is 10.7. The Labute approximate surface area is 178 Å². The van der Waals surface area contributed by atoms with E-state index < -0.39 is 47.4 Å². The van der Waals surface area contributed by atoms with Gasteiger partial charge in [0.15, 0.2) is 0 Å². The molecule has 5 atom stereocenters. The fraction of sp³-hybridized carbons (Fsp3) is 0.609. The third-order valence-corrected chi connectivity index (χ3v) is 5.39. The Morgan fingerprint density at radius 3 is 2.57 bits per heavy atom. The molecule has 0 aliphatic heterocycles. The summed E-state index contributed by atoms with van der Waals surface area (Å²) < 4.78 is 5.35. The van der Waals surface area contributed by atoms with E-state index in [1.54, 1.807) is 0 Å². The number of aliphatic carboxylic acids is 1. The number of aliphatic hydroxyl groups excluding tert-OH is 1. The Hall–Kier alpha value is -2.25. The number of rotatable bonds is 14. The molecular formula is C23H34O7. The maximum Gasteiger partial charge on any atom is 0.317 e. The summed E-state index contributed by atoms with van der Waals surface area (Å²) in [6.45, 7) is 9.30. The van der Waals surface area contributed by atoms with E-state index in [1.807, 2.05) is 0 Å². The molecule has 0 aromatic rings. The van der Waals surface area contributed by atoms with Gasteiger partial charge in [0.2, 0.25) is 0 Å². The van der Waals surface area contributed by atoms with E-state index in [1.165, 1.54) is 24.3 Å². The average molecular weight is 423 g/mol. The number of unbranched alkanes of at least 4 members (excludes halogenated alkanes) is 2. The fourth-order valence-corrected chi connectivity index (χ4v) is 3.53. The minimum atomic E-state index is -1.28. The molecule has 0 aromatic heterocycles. The van der Waals surface area contributed by atoms with Crippen LogP contribution < -0.4 is 0 Å². The summed E-state index contributed by atoms with van der Waals surface area (Å²) in [4.78, 5) is 35.6. The molecule has 7 heteroatoms. The zero-order chi connectivity index (χ0) is 22.7. The minimum Gasteiger partial charge on any atom is -0.481 e. The number of aliphatic hydroxyl groups is 2. The predicted molar refractivity (Wildman–Crippen MR) is 113 cm³/mol. The summed E-state index contributed by atoms with van der Waals surface area (Å²) >= 11 is 0. The zero-order valence-electron chi connectivity index (χ0n) is 17.7. The van der Waals surface area contributed by atoms with Gasteiger partial charge in [-0.25, -0.2) is 0 Å². The molecule has 0 radical (unpaired) electrons. The second-order valence-corrected chi connectivity index (χ2v) is 7.80. The standard InChI is InChI=1S/C23H34O7/c1-4-7-8-13-23(29,6-3)14-12-17-18(24)15-19(25)21(17)22(28)30-16(5-2)10-9-11-20(26)27/h5-6,12,14,16-18,21,24,29H,2-4,7-11,13,15H2,1H3,(H,26,27)/b14-12+/t16?,17-,18+,21+,23?/m0/s1. The molecule has 0 amide bonds. The van der Waals surface area contributed by atoms with Gasteiger partial charge in [0, 0.05) is 18.8 Å². The van der Waals surface area contributed by atoms with Crippen LogP contribution >= 0.6 is 0 Å². The molecule has 0 aromatic carbocycles. The van der Waals surface area contributed by atoms with Gasteiger partial charge in [0.05, 0.1) is 6.10 Å². The minimum absolute atomic E-state index is 0.0630. The maximum atomic E-state index is 12.6. The highest BCUT2D eigenvalue weighted by atomic mass is 16.5. The molecule has 0 heterocycles. The number of Topliss-reactive ketones (excluding diaryl/α,β-unsaturated/α-hetero) is 1. The van der Waals surface area contributed by atoms with Gasteiger partial charge in [-0.05, 0) is 25.7 Å². The topological polar surface area (TPSA) is 121 Å². The summed E-state index contributed by atoms with van der Waals surface area (Å²) in [6.07, 6.45) is 7.56. The number of esters is 1. The SMILES string of the molecule is C=CC(CCCC(=O)O)OC(=O)[C@H]1C(=O)C[C@@H](O)[C@@H]1/C=C/C(O)(C=C)CCCCC. The van der Waals surface area contributed by atoms with Gasteiger partial charge in [0.25, 0.3) is 0 Å². The third-order valence-electron chi connectivity index (χ3n) is 5.39. The number of hydrogen-bond donors (Lipinski definition) is 3. The van der Waals surface area contributed by atoms with Crippen molar-refractivity contribution >= 4 is 17.7 Å². The molecule has 1 aliphatic rings. The molecule has 1 aliphatic carbocycles. The summed E-state index contributed by atoms with van der Waals surface area (Å²) in [6, 6.07) is 0. The van der Waals surface area contributed by atoms with Crippen molar-refractivity contribution in [2.75, 3.05) is 0 Å². The van der Waals surface area contributed by atoms with Crippen molar-refractivity contribution in [2.45, 2.75) is 76.1 Å². The molecule has 168 valence electrons. The number of carbonyl (C=O) groups is 3. The highest BCUT2D eigenvalue weighted by Gasteiger charge is 2.46. The second-order valence-electron chi connectivity index (χ2n) is 7.80. The van der Waals surface area contributed by atoms with Crippen LogP contribution in [0, 0.1) is 11.8 Å². The van der Waals surface area contributed by atoms with Crippen LogP contribution in [0.1, 0.15) is 58.3 Å². The Bertz CT molecular complexity index is 654. The normalized spacial score (nSPS) is 24.4. The maximum absolute atomic E-state index is 12.6. The highest BCUT2D eigenvalue weighted by molar-refractivity contribution is 6.01. The largest absolute Gasteiger partial charge is 0.481 e. The first-order valence-corrected chi connectivity index (χ1v) is 10.5. The quantitative estimate of drug-likeness (QED) is 0.170. The van der Waals surface area contributed by atoms with Crippen LogP contribution in [0.3, 0.4) is 0 Å². The van der Waals surface area contributed by atoms with Gasteiger partial charge < -0.3 is 20.1 Å². The van der Waals surface area contributed by atoms with E-state index in [0.29, 0.717) is 12.8 Å². The van der Waals surface area contributed by atoms with Gasteiger partial charge in [-0.2, -0.15) is 0 Å². The Balaban J connectivity index is 2.86. The number of carbonyl (C=O) groups excluding carboxylic acids is 2. The number of carboxylic acids is 1. The molecule has 1 rings (SSSR count). The van der Waals surface area contributed by atoms with Crippen molar-refractivity contribution in [3.63, 3.8) is 0 Å². The van der Waals surface area contributed by atoms with E-state index in [0.717, 1.165) is 19.3 Å². The van der Waals surface area contributed by atoms with Crippen LogP contribution in [0.15, 0.2) is 37.5 Å². The molecule has 0 bridgehead atoms. The first-order chi connectivity index (χ1) is 14.2. The lowest BCUT2D eigenvalue weighted by Gasteiger charge is -2.23. The Morgan fingerprint density at radius 1 is 1.30 bits per heavy atom. The average Bonchev–Trinajstić information content (AvgIpc) is 2.98. The van der Waals surface area contributed by atoms with E-state index in [4.69, 9.17) is 9.84 Å². The van der Waals surface area contributed by atoms with Crippen molar-refractivity contribution in [2.24, 2.45) is 11.8 Å². The van der Waals surface area contributed by atoms with Crippen LogP contribution in [0.5, 0.6) is 0 Å². The second kappa shape index (κ2) is 12.4. The number of ether oxygens (including phenoxy) is 1. The smallest absolute Gasteiger partial charge is 0.317 e. The van der Waals surface area contributed by atoms with Crippen LogP contribution in [-0.4, -0.2) is 50.9 Å². The lowest BCUT2D eigenvalue weighted by molar-refractivity contribution is -0.155. The van der Waals surface area contributed by atoms with Gasteiger partial charge in [0.1, 0.15) is 23.4 Å². The van der Waals surface area contributed by atoms with Crippen LogP contribution in [0.2, 0.25) is 0 Å². The molecule has 7 nitrogen and oxygen atoms in total. The van der Waals surface area contributed by atoms with Gasteiger partial charge >= 0.3 is 11.9 Å². The molecule has 3 N–H and O–H groups in total. The van der Waals surface area contributed by atoms with Gasteiger partial charge in [-0.3, -0.25) is 14.4 Å². The molecule has 1 saturated carbocycles. The molecule has 2 unspecified atom stereocenters. The van der Waals surface area contributed by atoms with Crippen molar-refractivity contribution in [1.29, 1.82) is 0 Å². The first kappa shape index (κ1) is 25.8. The highest BCUT2D eigenvalue weighted by Crippen LogP contribution is 2.33. The van der Waals surface area contributed by atoms with E-state index >= 15 is 0 Å². The third kappa shape index (κ3) is 7.88. The molecule has 1 fully saturated rings. The van der Waals surface area contributed by atoms with Crippen LogP contribution in [-0.2, 0) is 19.1 Å². The van der Waals surface area contributed by atoms with E-state index in [-0.39, 0.29) is 19.3 Å². The fourth-order valence-electron chi connectivity index (χ4n) is 3.53. The van der Waals surface area contributed by atoms with E-state index in [9.17, 15) is 24.6 Å². The van der Waals surface area contributed by atoms with Crippen LogP contribution in [0.4, 0.5) is 0 Å². The van der Waals surface area contributed by atoms with E-state index in [2.05, 4.69) is 20.1 Å². The summed E-state index contributed by atoms with van der Waals surface area (Å²) in [5, 5.41) is 29.7. The van der Waals surface area contributed by atoms with Crippen molar-refractivity contribution < 1.29 is 34.4 Å². The molecular weight excluding hydrogens is 388 g/mol. The van der Waals surface area contributed by atoms with Crippen molar-refractivity contribution in [3.05, 3.63) is 37.5 Å². The summed E-state index contributed by atoms with van der Waals surface area (Å²) in [5.41, 5.74) is -1.28. The zero-order valence-corrected chi connectivity index (χ0v) is 17.7. The first-order valence-electron chi connectivity index (χ1n) is 10.5. The molecule has 0 spiro atoms. The number of hydrogen-bond acceptors (Lipinski definition) is 6. The number of ketones is 1.